The van der Waals surface area contributed by atoms with Crippen molar-refractivity contribution in [1.29, 1.82) is 0 Å². The molecule has 0 fully saturated rings. The Hall–Kier alpha value is -0.0600. The van der Waals surface area contributed by atoms with E-state index in [0.717, 1.165) is 22.9 Å². The van der Waals surface area contributed by atoms with Crippen molar-refractivity contribution in [3.63, 3.8) is 0 Å². The maximum absolute atomic E-state index is 11.1. The summed E-state index contributed by atoms with van der Waals surface area (Å²) in [5, 5.41) is 1.11. The van der Waals surface area contributed by atoms with Crippen LogP contribution in [0.2, 0.25) is 0 Å². The van der Waals surface area contributed by atoms with Crippen LogP contribution in [0.15, 0.2) is 0 Å². The zero-order valence-electron chi connectivity index (χ0n) is 6.29. The van der Waals surface area contributed by atoms with E-state index < -0.39 is 11.2 Å². The highest BCUT2D eigenvalue weighted by Gasteiger charge is 2.21. The van der Waals surface area contributed by atoms with E-state index in [9.17, 15) is 4.55 Å². The molecule has 2 rings (SSSR count). The summed E-state index contributed by atoms with van der Waals surface area (Å²) in [6.07, 6.45) is 0.966. The Morgan fingerprint density at radius 2 is 2.45 bits per heavy atom. The van der Waals surface area contributed by atoms with Gasteiger partial charge in [0.15, 0.2) is 0 Å². The van der Waals surface area contributed by atoms with Crippen LogP contribution in [0.3, 0.4) is 0 Å². The van der Waals surface area contributed by atoms with Crippen LogP contribution >= 0.6 is 11.3 Å². The second kappa shape index (κ2) is 2.77. The lowest BCUT2D eigenvalue weighted by molar-refractivity contribution is 0.590. The Bertz CT molecular complexity index is 271. The van der Waals surface area contributed by atoms with Crippen molar-refractivity contribution in [2.75, 3.05) is 5.75 Å². The van der Waals surface area contributed by atoms with E-state index >= 15 is 0 Å². The Morgan fingerprint density at radius 3 is 3.27 bits per heavy atom. The zero-order valence-corrected chi connectivity index (χ0v) is 7.93. The molecule has 0 saturated heterocycles. The molecular formula is C7H9NOS2. The number of fused-ring (bicyclic) bond motifs is 1. The number of rotatable bonds is 0. The van der Waals surface area contributed by atoms with Crippen LogP contribution in [0.1, 0.15) is 15.6 Å². The molecule has 60 valence electrons. The van der Waals surface area contributed by atoms with Crippen LogP contribution in [0.25, 0.3) is 0 Å². The molecule has 1 unspecified atom stereocenters. The van der Waals surface area contributed by atoms with Crippen LogP contribution in [0.4, 0.5) is 0 Å². The number of hydrogen-bond donors (Lipinski definition) is 0. The highest BCUT2D eigenvalue weighted by molar-refractivity contribution is 7.90. The second-order valence-corrected chi connectivity index (χ2v) is 5.51. The van der Waals surface area contributed by atoms with Crippen molar-refractivity contribution in [2.45, 2.75) is 19.1 Å². The molecule has 0 aliphatic carbocycles. The molecule has 4 heteroatoms. The van der Waals surface area contributed by atoms with E-state index in [1.807, 2.05) is 6.92 Å². The number of hydrogen-bond acceptors (Lipinski definition) is 3. The van der Waals surface area contributed by atoms with Gasteiger partial charge in [-0.1, -0.05) is 0 Å². The van der Waals surface area contributed by atoms with E-state index in [2.05, 4.69) is 4.98 Å². The van der Waals surface area contributed by atoms with Crippen molar-refractivity contribution in [2.24, 2.45) is 0 Å². The summed E-state index contributed by atoms with van der Waals surface area (Å²) in [5.74, 6) is 1.51. The van der Waals surface area contributed by atoms with E-state index in [-0.39, 0.29) is 0 Å². The fraction of sp³-hybridized carbons (Fsp3) is 0.571. The van der Waals surface area contributed by atoms with Crippen molar-refractivity contribution in [1.82, 2.24) is 4.98 Å². The van der Waals surface area contributed by atoms with Crippen LogP contribution in [-0.4, -0.2) is 15.3 Å². The lowest BCUT2D eigenvalue weighted by Gasteiger charge is -2.14. The summed E-state index contributed by atoms with van der Waals surface area (Å²) in [6, 6.07) is 0. The van der Waals surface area contributed by atoms with Gasteiger partial charge in [-0.25, -0.2) is 4.98 Å². The first-order valence-electron chi connectivity index (χ1n) is 3.56. The lowest BCUT2D eigenvalue weighted by atomic mass is 10.3. The average Bonchev–Trinajstić information content (AvgIpc) is 2.27. The third-order valence-electron chi connectivity index (χ3n) is 1.74. The van der Waals surface area contributed by atoms with Crippen LogP contribution in [0, 0.1) is 6.92 Å². The zero-order chi connectivity index (χ0) is 7.84. The highest BCUT2D eigenvalue weighted by atomic mass is 32.2. The minimum atomic E-state index is -0.644. The maximum Gasteiger partial charge on any atom is 0.148 e. The molecule has 11 heavy (non-hydrogen) atoms. The van der Waals surface area contributed by atoms with Gasteiger partial charge in [-0.2, -0.15) is 0 Å². The molecule has 1 aliphatic rings. The van der Waals surface area contributed by atoms with E-state index in [0.29, 0.717) is 5.75 Å². The molecule has 0 amide bonds. The number of nitrogens with zero attached hydrogens (tertiary/aromatic N) is 1. The summed E-state index contributed by atoms with van der Waals surface area (Å²) in [7, 11) is 0. The summed E-state index contributed by atoms with van der Waals surface area (Å²) < 4.78 is 11.1. The standard InChI is InChI=1S/C7H9NOS2/c1-5-8-6-4-11(9)3-2-7(6)10-5/h2-4H2,1H3. The predicted molar refractivity (Wildman–Crippen MR) is 47.3 cm³/mol. The topological polar surface area (TPSA) is 36.0 Å². The quantitative estimate of drug-likeness (QED) is 0.573. The average molecular weight is 187 g/mol. The molecule has 1 aliphatic heterocycles. The van der Waals surface area contributed by atoms with E-state index in [4.69, 9.17) is 0 Å². The maximum atomic E-state index is 11.1. The largest absolute Gasteiger partial charge is 0.616 e. The Labute approximate surface area is 72.8 Å². The SMILES string of the molecule is Cc1nc2c(s1)CC[S+]([O-])C2. The number of aromatic nitrogens is 1. The molecule has 0 radical (unpaired) electrons. The molecule has 1 aromatic heterocycles. The van der Waals surface area contributed by atoms with E-state index in [1.165, 1.54) is 4.88 Å². The van der Waals surface area contributed by atoms with Crippen molar-refractivity contribution >= 4 is 22.5 Å². The molecule has 0 spiro atoms. The fourth-order valence-corrected chi connectivity index (χ4v) is 3.54. The Balaban J connectivity index is 2.34. The normalized spacial score (nSPS) is 23.3. The molecule has 1 aromatic rings. The van der Waals surface area contributed by atoms with Crippen LogP contribution in [0.5, 0.6) is 0 Å². The third-order valence-corrected chi connectivity index (χ3v) is 4.07. The van der Waals surface area contributed by atoms with Gasteiger partial charge >= 0.3 is 0 Å². The second-order valence-electron chi connectivity index (χ2n) is 2.64. The van der Waals surface area contributed by atoms with E-state index in [1.54, 1.807) is 11.3 Å². The minimum absolute atomic E-state index is 0.644. The lowest BCUT2D eigenvalue weighted by Crippen LogP contribution is -2.17. The van der Waals surface area contributed by atoms with Crippen LogP contribution in [-0.2, 0) is 23.3 Å². The van der Waals surface area contributed by atoms with Gasteiger partial charge < -0.3 is 4.55 Å². The van der Waals surface area contributed by atoms with Gasteiger partial charge in [-0.05, 0) is 18.1 Å². The summed E-state index contributed by atoms with van der Waals surface area (Å²) in [5.41, 5.74) is 1.08. The smallest absolute Gasteiger partial charge is 0.148 e. The van der Waals surface area contributed by atoms with Crippen molar-refractivity contribution in [3.8, 4) is 0 Å². The molecule has 0 bridgehead atoms. The summed E-state index contributed by atoms with van der Waals surface area (Å²) >= 11 is 1.10. The molecule has 0 saturated carbocycles. The Kier molecular flexibility index (Phi) is 1.91. The third kappa shape index (κ3) is 1.43. The molecular weight excluding hydrogens is 178 g/mol. The van der Waals surface area contributed by atoms with Crippen molar-refractivity contribution < 1.29 is 4.55 Å². The molecule has 1 atom stereocenters. The fourth-order valence-electron chi connectivity index (χ4n) is 1.25. The number of thiazole rings is 1. The van der Waals surface area contributed by atoms with Gasteiger partial charge in [-0.15, -0.1) is 11.3 Å². The summed E-state index contributed by atoms with van der Waals surface area (Å²) in [4.78, 5) is 5.68. The van der Waals surface area contributed by atoms with Crippen molar-refractivity contribution in [3.05, 3.63) is 15.6 Å². The first kappa shape index (κ1) is 7.58. The van der Waals surface area contributed by atoms with Gasteiger partial charge in [-0.3, -0.25) is 0 Å². The van der Waals surface area contributed by atoms with Crippen LogP contribution < -0.4 is 0 Å². The van der Waals surface area contributed by atoms with Gasteiger partial charge in [0.25, 0.3) is 0 Å². The molecule has 0 N–H and O–H groups in total. The first-order valence-corrected chi connectivity index (χ1v) is 5.86. The summed E-state index contributed by atoms with van der Waals surface area (Å²) in [6.45, 7) is 2.01. The molecule has 2 heterocycles. The minimum Gasteiger partial charge on any atom is -0.616 e. The van der Waals surface area contributed by atoms with Gasteiger partial charge in [0.1, 0.15) is 17.2 Å². The first-order chi connectivity index (χ1) is 5.25. The Morgan fingerprint density at radius 1 is 1.64 bits per heavy atom. The highest BCUT2D eigenvalue weighted by Crippen LogP contribution is 2.25. The monoisotopic (exact) mass is 187 g/mol. The van der Waals surface area contributed by atoms with Gasteiger partial charge in [0, 0.05) is 11.3 Å². The van der Waals surface area contributed by atoms with Gasteiger partial charge in [0.05, 0.1) is 5.01 Å². The molecule has 2 nitrogen and oxygen atoms in total. The number of aryl methyl sites for hydroxylation is 2. The van der Waals surface area contributed by atoms with Gasteiger partial charge in [0.2, 0.25) is 0 Å². The molecule has 0 aromatic carbocycles. The predicted octanol–water partition coefficient (Wildman–Crippen LogP) is 1.26.